The van der Waals surface area contributed by atoms with Crippen LogP contribution in [0.1, 0.15) is 0 Å². The Kier molecular flexibility index (Phi) is 2.69. The van der Waals surface area contributed by atoms with Gasteiger partial charge in [0.2, 0.25) is 0 Å². The minimum absolute atomic E-state index is 0.677. The number of hydrogen-bond donors (Lipinski definition) is 2. The third-order valence-electron chi connectivity index (χ3n) is 4.07. The SMILES string of the molecule is c1ccc2[nH]c(-c3[nH]nc4ncc(-c5cnccn5)cc34)cc2c1. The predicted molar refractivity (Wildman–Crippen MR) is 92.2 cm³/mol. The lowest BCUT2D eigenvalue weighted by atomic mass is 10.1. The fourth-order valence-corrected chi connectivity index (χ4v) is 2.90. The van der Waals surface area contributed by atoms with Crippen molar-refractivity contribution in [2.75, 3.05) is 0 Å². The van der Waals surface area contributed by atoms with Crippen molar-refractivity contribution in [3.63, 3.8) is 0 Å². The molecule has 0 spiro atoms. The van der Waals surface area contributed by atoms with Crippen LogP contribution in [-0.2, 0) is 0 Å². The molecule has 114 valence electrons. The Bertz CT molecular complexity index is 1120. The van der Waals surface area contributed by atoms with E-state index in [0.29, 0.717) is 5.65 Å². The van der Waals surface area contributed by atoms with Crippen molar-refractivity contribution in [2.24, 2.45) is 0 Å². The Balaban J connectivity index is 1.71. The van der Waals surface area contributed by atoms with Crippen LogP contribution in [0.4, 0.5) is 0 Å². The van der Waals surface area contributed by atoms with Gasteiger partial charge in [0.25, 0.3) is 0 Å². The summed E-state index contributed by atoms with van der Waals surface area (Å²) in [5.41, 5.74) is 5.37. The molecule has 6 heteroatoms. The maximum atomic E-state index is 4.43. The highest BCUT2D eigenvalue weighted by atomic mass is 15.2. The molecule has 1 aromatic carbocycles. The van der Waals surface area contributed by atoms with Gasteiger partial charge in [-0.05, 0) is 18.2 Å². The first-order valence-corrected chi connectivity index (χ1v) is 7.57. The van der Waals surface area contributed by atoms with Crippen LogP contribution in [-0.4, -0.2) is 30.1 Å². The summed E-state index contributed by atoms with van der Waals surface area (Å²) in [6.45, 7) is 0. The van der Waals surface area contributed by atoms with Gasteiger partial charge < -0.3 is 4.98 Å². The molecule has 0 aliphatic carbocycles. The topological polar surface area (TPSA) is 83.1 Å². The Morgan fingerprint density at radius 3 is 2.75 bits per heavy atom. The number of nitrogens with one attached hydrogen (secondary N) is 2. The summed E-state index contributed by atoms with van der Waals surface area (Å²) in [7, 11) is 0. The molecule has 0 radical (unpaired) electrons. The van der Waals surface area contributed by atoms with Gasteiger partial charge in [0.15, 0.2) is 5.65 Å². The summed E-state index contributed by atoms with van der Waals surface area (Å²) in [5.74, 6) is 0. The van der Waals surface area contributed by atoms with E-state index in [1.807, 2.05) is 18.2 Å². The van der Waals surface area contributed by atoms with Crippen molar-refractivity contribution >= 4 is 21.9 Å². The van der Waals surface area contributed by atoms with Crippen molar-refractivity contribution < 1.29 is 0 Å². The quantitative estimate of drug-likeness (QED) is 0.522. The van der Waals surface area contributed by atoms with Crippen molar-refractivity contribution in [1.29, 1.82) is 0 Å². The first kappa shape index (κ1) is 13.0. The molecule has 0 atom stereocenters. The van der Waals surface area contributed by atoms with Crippen molar-refractivity contribution in [3.05, 3.63) is 61.2 Å². The Hall–Kier alpha value is -3.54. The highest BCUT2D eigenvalue weighted by molar-refractivity contribution is 5.95. The summed E-state index contributed by atoms with van der Waals surface area (Å²) >= 11 is 0. The first-order valence-electron chi connectivity index (χ1n) is 7.57. The molecule has 4 heterocycles. The average Bonchev–Trinajstić information content (AvgIpc) is 3.25. The molecule has 5 aromatic rings. The highest BCUT2D eigenvalue weighted by Gasteiger charge is 2.12. The number of fused-ring (bicyclic) bond motifs is 2. The molecule has 6 nitrogen and oxygen atoms in total. The second-order valence-electron chi connectivity index (χ2n) is 5.55. The molecule has 0 saturated carbocycles. The number of para-hydroxylation sites is 1. The van der Waals surface area contributed by atoms with Crippen LogP contribution in [0.2, 0.25) is 0 Å². The van der Waals surface area contributed by atoms with E-state index in [1.54, 1.807) is 24.8 Å². The van der Waals surface area contributed by atoms with E-state index in [0.717, 1.165) is 38.9 Å². The number of aromatic nitrogens is 6. The number of aromatic amines is 2. The van der Waals surface area contributed by atoms with Gasteiger partial charge in [-0.1, -0.05) is 18.2 Å². The van der Waals surface area contributed by atoms with Crippen LogP contribution in [0.15, 0.2) is 61.2 Å². The maximum Gasteiger partial charge on any atom is 0.181 e. The molecule has 5 rings (SSSR count). The van der Waals surface area contributed by atoms with Gasteiger partial charge in [0.1, 0.15) is 0 Å². The zero-order chi connectivity index (χ0) is 15.9. The standard InChI is InChI=1S/C18H12N6/c1-2-4-14-11(3-1)8-15(22-14)17-13-7-12(9-21-18(13)24-23-17)16-10-19-5-6-20-16/h1-10,22H,(H,21,23,24). The van der Waals surface area contributed by atoms with Gasteiger partial charge in [-0.15, -0.1) is 0 Å². The molecular formula is C18H12N6. The molecule has 0 aliphatic rings. The third-order valence-corrected chi connectivity index (χ3v) is 4.07. The number of pyridine rings is 1. The second kappa shape index (κ2) is 4.99. The monoisotopic (exact) mass is 312 g/mol. The zero-order valence-electron chi connectivity index (χ0n) is 12.6. The van der Waals surface area contributed by atoms with E-state index in [4.69, 9.17) is 0 Å². The first-order chi connectivity index (χ1) is 11.9. The summed E-state index contributed by atoms with van der Waals surface area (Å²) in [4.78, 5) is 16.3. The molecule has 0 unspecified atom stereocenters. The number of H-pyrrole nitrogens is 2. The Labute approximate surface area is 136 Å². The highest BCUT2D eigenvalue weighted by Crippen LogP contribution is 2.29. The van der Waals surface area contributed by atoms with Gasteiger partial charge in [0, 0.05) is 40.4 Å². The molecular weight excluding hydrogens is 300 g/mol. The van der Waals surface area contributed by atoms with Crippen LogP contribution in [0.3, 0.4) is 0 Å². The second-order valence-corrected chi connectivity index (χ2v) is 5.55. The average molecular weight is 312 g/mol. The van der Waals surface area contributed by atoms with Crippen LogP contribution >= 0.6 is 0 Å². The molecule has 0 fully saturated rings. The van der Waals surface area contributed by atoms with Crippen LogP contribution < -0.4 is 0 Å². The Morgan fingerprint density at radius 2 is 1.88 bits per heavy atom. The van der Waals surface area contributed by atoms with E-state index in [1.165, 1.54) is 0 Å². The van der Waals surface area contributed by atoms with Gasteiger partial charge in [0.05, 0.1) is 23.3 Å². The molecule has 24 heavy (non-hydrogen) atoms. The van der Waals surface area contributed by atoms with Crippen molar-refractivity contribution in [1.82, 2.24) is 30.1 Å². The fraction of sp³-hybridized carbons (Fsp3) is 0. The zero-order valence-corrected chi connectivity index (χ0v) is 12.6. The molecule has 0 amide bonds. The van der Waals surface area contributed by atoms with Crippen molar-refractivity contribution in [2.45, 2.75) is 0 Å². The summed E-state index contributed by atoms with van der Waals surface area (Å²) in [6, 6.07) is 12.3. The van der Waals surface area contributed by atoms with Crippen LogP contribution in [0.5, 0.6) is 0 Å². The lowest BCUT2D eigenvalue weighted by molar-refractivity contribution is 1.10. The lowest BCUT2D eigenvalue weighted by Gasteiger charge is -2.00. The molecule has 2 N–H and O–H groups in total. The number of benzene rings is 1. The normalized spacial score (nSPS) is 11.3. The van der Waals surface area contributed by atoms with Crippen LogP contribution in [0.25, 0.3) is 44.6 Å². The minimum Gasteiger partial charge on any atom is -0.353 e. The van der Waals surface area contributed by atoms with E-state index in [-0.39, 0.29) is 0 Å². The van der Waals surface area contributed by atoms with Gasteiger partial charge in [-0.25, -0.2) is 4.98 Å². The van der Waals surface area contributed by atoms with E-state index in [2.05, 4.69) is 48.3 Å². The smallest absolute Gasteiger partial charge is 0.181 e. The molecule has 0 bridgehead atoms. The van der Waals surface area contributed by atoms with Gasteiger partial charge in [-0.3, -0.25) is 15.1 Å². The van der Waals surface area contributed by atoms with E-state index < -0.39 is 0 Å². The van der Waals surface area contributed by atoms with E-state index in [9.17, 15) is 0 Å². The summed E-state index contributed by atoms with van der Waals surface area (Å²) < 4.78 is 0. The Morgan fingerprint density at radius 1 is 0.917 bits per heavy atom. The fourth-order valence-electron chi connectivity index (χ4n) is 2.90. The predicted octanol–water partition coefficient (Wildman–Crippen LogP) is 3.56. The molecule has 0 aliphatic heterocycles. The van der Waals surface area contributed by atoms with Crippen LogP contribution in [0, 0.1) is 0 Å². The van der Waals surface area contributed by atoms with Gasteiger partial charge >= 0.3 is 0 Å². The third kappa shape index (κ3) is 1.97. The summed E-state index contributed by atoms with van der Waals surface area (Å²) in [5, 5.41) is 9.51. The molecule has 0 saturated heterocycles. The largest absolute Gasteiger partial charge is 0.353 e. The van der Waals surface area contributed by atoms with Crippen molar-refractivity contribution in [3.8, 4) is 22.6 Å². The number of hydrogen-bond acceptors (Lipinski definition) is 4. The van der Waals surface area contributed by atoms with E-state index >= 15 is 0 Å². The maximum absolute atomic E-state index is 4.43. The summed E-state index contributed by atoms with van der Waals surface area (Å²) in [6.07, 6.45) is 6.82. The molecule has 4 aromatic heterocycles. The number of rotatable bonds is 2. The van der Waals surface area contributed by atoms with Gasteiger partial charge in [-0.2, -0.15) is 5.10 Å². The number of nitrogens with zero attached hydrogens (tertiary/aromatic N) is 4. The minimum atomic E-state index is 0.677. The lowest BCUT2D eigenvalue weighted by Crippen LogP contribution is -1.86.